The van der Waals surface area contributed by atoms with Crippen LogP contribution >= 0.6 is 0 Å². The summed E-state index contributed by atoms with van der Waals surface area (Å²) >= 11 is 0. The van der Waals surface area contributed by atoms with Crippen LogP contribution in [0.25, 0.3) is 12.2 Å². The molecule has 3 heterocycles. The van der Waals surface area contributed by atoms with E-state index in [0.717, 1.165) is 5.76 Å². The second kappa shape index (κ2) is 4.81. The van der Waals surface area contributed by atoms with Gasteiger partial charge in [-0.25, -0.2) is 4.68 Å². The molecule has 0 bridgehead atoms. The van der Waals surface area contributed by atoms with Crippen molar-refractivity contribution in [3.05, 3.63) is 66.3 Å². The molecule has 3 aromatic rings. The monoisotopic (exact) mass is 254 g/mol. The van der Waals surface area contributed by atoms with E-state index in [2.05, 4.69) is 5.10 Å². The zero-order chi connectivity index (χ0) is 13.1. The second-order valence-corrected chi connectivity index (χ2v) is 3.82. The van der Waals surface area contributed by atoms with Gasteiger partial charge in [-0.2, -0.15) is 5.10 Å². The largest absolute Gasteiger partial charge is 0.465 e. The number of hydrogen-bond donors (Lipinski definition) is 0. The van der Waals surface area contributed by atoms with E-state index in [1.807, 2.05) is 6.07 Å². The molecule has 3 aromatic heterocycles. The van der Waals surface area contributed by atoms with Crippen LogP contribution in [0.3, 0.4) is 0 Å². The molecule has 0 saturated carbocycles. The Morgan fingerprint density at radius 3 is 2.68 bits per heavy atom. The summed E-state index contributed by atoms with van der Waals surface area (Å²) in [4.78, 5) is 11.9. The Bertz CT molecular complexity index is 691. The maximum absolute atomic E-state index is 11.9. The maximum Gasteiger partial charge on any atom is 0.313 e. The molecule has 0 radical (unpaired) electrons. The fourth-order valence-electron chi connectivity index (χ4n) is 1.61. The van der Waals surface area contributed by atoms with E-state index in [1.165, 1.54) is 10.9 Å². The van der Waals surface area contributed by atoms with Crippen molar-refractivity contribution in [1.29, 1.82) is 0 Å². The standard InChI is InChI=1S/C14H10N2O3/c17-14(13-4-2-10-19-13)16-8-7-11(15-16)5-6-12-3-1-9-18-12/h1-10H. The summed E-state index contributed by atoms with van der Waals surface area (Å²) in [7, 11) is 0. The summed E-state index contributed by atoms with van der Waals surface area (Å²) in [5.41, 5.74) is 0.663. The number of rotatable bonds is 3. The van der Waals surface area contributed by atoms with E-state index in [4.69, 9.17) is 8.83 Å². The number of carbonyl (C=O) groups excluding carboxylic acids is 1. The summed E-state index contributed by atoms with van der Waals surface area (Å²) in [6, 6.07) is 8.64. The molecule has 0 saturated heterocycles. The van der Waals surface area contributed by atoms with Gasteiger partial charge in [-0.3, -0.25) is 4.79 Å². The molecule has 3 rings (SSSR count). The molecule has 0 N–H and O–H groups in total. The van der Waals surface area contributed by atoms with Gasteiger partial charge in [0.2, 0.25) is 0 Å². The molecule has 5 nitrogen and oxygen atoms in total. The molecule has 0 aromatic carbocycles. The zero-order valence-corrected chi connectivity index (χ0v) is 9.89. The van der Waals surface area contributed by atoms with Crippen molar-refractivity contribution in [3.63, 3.8) is 0 Å². The maximum atomic E-state index is 11.9. The van der Waals surface area contributed by atoms with Gasteiger partial charge in [0.05, 0.1) is 18.2 Å². The highest BCUT2D eigenvalue weighted by molar-refractivity contribution is 5.92. The third-order valence-corrected chi connectivity index (χ3v) is 2.51. The number of furan rings is 2. The number of hydrogen-bond acceptors (Lipinski definition) is 4. The predicted molar refractivity (Wildman–Crippen MR) is 68.3 cm³/mol. The highest BCUT2D eigenvalue weighted by Crippen LogP contribution is 2.08. The smallest absolute Gasteiger partial charge is 0.313 e. The molecular weight excluding hydrogens is 244 g/mol. The molecule has 0 aliphatic heterocycles. The zero-order valence-electron chi connectivity index (χ0n) is 9.89. The SMILES string of the molecule is O=C(c1ccco1)n1ccc(C=Cc2ccco2)n1. The third kappa shape index (κ3) is 2.40. The average molecular weight is 254 g/mol. The Kier molecular flexibility index (Phi) is 2.86. The molecule has 0 fully saturated rings. The number of nitrogens with zero attached hydrogens (tertiary/aromatic N) is 2. The van der Waals surface area contributed by atoms with Crippen LogP contribution in [-0.4, -0.2) is 15.7 Å². The second-order valence-electron chi connectivity index (χ2n) is 3.82. The predicted octanol–water partition coefficient (Wildman–Crippen LogP) is 2.93. The van der Waals surface area contributed by atoms with Crippen LogP contribution in [0.5, 0.6) is 0 Å². The molecule has 0 aliphatic carbocycles. The van der Waals surface area contributed by atoms with E-state index in [-0.39, 0.29) is 11.7 Å². The molecule has 5 heteroatoms. The van der Waals surface area contributed by atoms with Gasteiger partial charge in [0, 0.05) is 6.20 Å². The van der Waals surface area contributed by atoms with E-state index in [0.29, 0.717) is 5.69 Å². The van der Waals surface area contributed by atoms with Crippen LogP contribution in [0.2, 0.25) is 0 Å². The summed E-state index contributed by atoms with van der Waals surface area (Å²) in [6.45, 7) is 0. The van der Waals surface area contributed by atoms with Gasteiger partial charge in [-0.1, -0.05) is 0 Å². The van der Waals surface area contributed by atoms with Gasteiger partial charge < -0.3 is 8.83 Å². The summed E-state index contributed by atoms with van der Waals surface area (Å²) in [5, 5.41) is 4.14. The molecule has 0 aliphatic rings. The van der Waals surface area contributed by atoms with Crippen LogP contribution in [0.15, 0.2) is 57.9 Å². The average Bonchev–Trinajstić information content (AvgIpc) is 3.16. The van der Waals surface area contributed by atoms with Crippen molar-refractivity contribution < 1.29 is 13.6 Å². The van der Waals surface area contributed by atoms with Gasteiger partial charge >= 0.3 is 5.91 Å². The van der Waals surface area contributed by atoms with Crippen molar-refractivity contribution in [3.8, 4) is 0 Å². The fourth-order valence-corrected chi connectivity index (χ4v) is 1.61. The van der Waals surface area contributed by atoms with Crippen molar-refractivity contribution in [2.24, 2.45) is 0 Å². The fraction of sp³-hybridized carbons (Fsp3) is 0. The minimum Gasteiger partial charge on any atom is -0.465 e. The van der Waals surface area contributed by atoms with Gasteiger partial charge in [-0.05, 0) is 42.5 Å². The van der Waals surface area contributed by atoms with Gasteiger partial charge in [0.15, 0.2) is 5.76 Å². The number of carbonyl (C=O) groups is 1. The normalized spacial score (nSPS) is 11.2. The topological polar surface area (TPSA) is 61.2 Å². The van der Waals surface area contributed by atoms with Crippen LogP contribution < -0.4 is 0 Å². The first-order valence-corrected chi connectivity index (χ1v) is 5.68. The van der Waals surface area contributed by atoms with Crippen LogP contribution in [0, 0.1) is 0 Å². The highest BCUT2D eigenvalue weighted by atomic mass is 16.3. The van der Waals surface area contributed by atoms with E-state index in [9.17, 15) is 4.79 Å². The molecule has 0 spiro atoms. The Morgan fingerprint density at radius 1 is 1.11 bits per heavy atom. The van der Waals surface area contributed by atoms with Gasteiger partial charge in [0.25, 0.3) is 0 Å². The molecule has 0 atom stereocenters. The first kappa shape index (κ1) is 11.3. The lowest BCUT2D eigenvalue weighted by atomic mass is 10.3. The van der Waals surface area contributed by atoms with Gasteiger partial charge in [0.1, 0.15) is 5.76 Å². The van der Waals surface area contributed by atoms with Crippen molar-refractivity contribution >= 4 is 18.1 Å². The van der Waals surface area contributed by atoms with Crippen LogP contribution in [-0.2, 0) is 0 Å². The minimum atomic E-state index is -0.303. The van der Waals surface area contributed by atoms with Crippen molar-refractivity contribution in [2.45, 2.75) is 0 Å². The number of aromatic nitrogens is 2. The van der Waals surface area contributed by atoms with Crippen molar-refractivity contribution in [1.82, 2.24) is 9.78 Å². The lowest BCUT2D eigenvalue weighted by molar-refractivity contribution is 0.0917. The van der Waals surface area contributed by atoms with Gasteiger partial charge in [-0.15, -0.1) is 0 Å². The lowest BCUT2D eigenvalue weighted by Gasteiger charge is -1.94. The summed E-state index contributed by atoms with van der Waals surface area (Å²) < 4.78 is 11.4. The Hall–Kier alpha value is -2.82. The van der Waals surface area contributed by atoms with E-state index < -0.39 is 0 Å². The van der Waals surface area contributed by atoms with E-state index >= 15 is 0 Å². The summed E-state index contributed by atoms with van der Waals surface area (Å²) in [5.74, 6) is 0.680. The first-order chi connectivity index (χ1) is 9.33. The van der Waals surface area contributed by atoms with Crippen LogP contribution in [0.1, 0.15) is 22.0 Å². The molecule has 0 amide bonds. The molecule has 19 heavy (non-hydrogen) atoms. The third-order valence-electron chi connectivity index (χ3n) is 2.51. The van der Waals surface area contributed by atoms with Crippen molar-refractivity contribution in [2.75, 3.05) is 0 Å². The first-order valence-electron chi connectivity index (χ1n) is 5.68. The molecular formula is C14H10N2O3. The summed E-state index contributed by atoms with van der Waals surface area (Å²) in [6.07, 6.45) is 8.19. The minimum absolute atomic E-state index is 0.254. The molecule has 0 unspecified atom stereocenters. The lowest BCUT2D eigenvalue weighted by Crippen LogP contribution is -2.11. The van der Waals surface area contributed by atoms with E-state index in [1.54, 1.807) is 48.9 Å². The highest BCUT2D eigenvalue weighted by Gasteiger charge is 2.11. The Labute approximate surface area is 108 Å². The Balaban J connectivity index is 1.78. The molecule has 94 valence electrons. The van der Waals surface area contributed by atoms with Crippen LogP contribution in [0.4, 0.5) is 0 Å². The quantitative estimate of drug-likeness (QED) is 0.721. The Morgan fingerprint density at radius 2 is 1.95 bits per heavy atom.